The van der Waals surface area contributed by atoms with E-state index in [9.17, 15) is 0 Å². The van der Waals surface area contributed by atoms with Crippen LogP contribution in [0, 0.1) is 0 Å². The molecule has 9 aromatic rings. The molecule has 5 heteroatoms. The first kappa shape index (κ1) is 31.1. The fraction of sp³-hybridized carbons (Fsp3) is 0.0222. The maximum absolute atomic E-state index is 3.77. The number of nitrogens with zero attached hydrogens (tertiary/aromatic N) is 2. The molecule has 2 aromatic heterocycles. The molecule has 0 spiro atoms. The number of hydrogen-bond donors (Lipinski definition) is 0. The molecule has 240 valence electrons. The highest BCUT2D eigenvalue weighted by Gasteiger charge is 2.17. The highest BCUT2D eigenvalue weighted by molar-refractivity contribution is 9.13. The van der Waals surface area contributed by atoms with Gasteiger partial charge in [0.15, 0.2) is 0 Å². The van der Waals surface area contributed by atoms with Gasteiger partial charge in [0.05, 0.1) is 9.08 Å². The van der Waals surface area contributed by atoms with E-state index in [-0.39, 0.29) is 0 Å². The van der Waals surface area contributed by atoms with Gasteiger partial charge in [-0.05, 0) is 120 Å². The first-order valence-electron chi connectivity index (χ1n) is 16.5. The van der Waals surface area contributed by atoms with Gasteiger partial charge in [-0.25, -0.2) is 0 Å². The average molecular weight is 791 g/mol. The Hall–Kier alpha value is -4.94. The average Bonchev–Trinajstić information content (AvgIpc) is 3.65. The van der Waals surface area contributed by atoms with Crippen molar-refractivity contribution in [2.24, 2.45) is 7.05 Å². The molecule has 0 amide bonds. The van der Waals surface area contributed by atoms with Crippen molar-refractivity contribution in [3.8, 4) is 33.4 Å². The highest BCUT2D eigenvalue weighted by atomic mass is 79.9. The molecule has 0 bridgehead atoms. The lowest BCUT2D eigenvalue weighted by atomic mass is 9.99. The summed E-state index contributed by atoms with van der Waals surface area (Å²) in [4.78, 5) is 2.38. The Morgan fingerprint density at radius 3 is 1.78 bits per heavy atom. The Balaban J connectivity index is 1.11. The first-order chi connectivity index (χ1) is 24.5. The van der Waals surface area contributed by atoms with Crippen LogP contribution in [0.5, 0.6) is 0 Å². The van der Waals surface area contributed by atoms with Crippen LogP contribution in [0.2, 0.25) is 0 Å². The Morgan fingerprint density at radius 1 is 0.440 bits per heavy atom. The molecule has 0 aliphatic heterocycles. The molecular weight excluding hydrogens is 760 g/mol. The second-order valence-corrected chi connectivity index (χ2v) is 15.2. The highest BCUT2D eigenvalue weighted by Crippen LogP contribution is 2.42. The lowest BCUT2D eigenvalue weighted by molar-refractivity contribution is 0.937. The summed E-state index contributed by atoms with van der Waals surface area (Å²) in [6, 6.07) is 59.5. The van der Waals surface area contributed by atoms with Gasteiger partial charge in [0.1, 0.15) is 0 Å². The van der Waals surface area contributed by atoms with Gasteiger partial charge in [-0.1, -0.05) is 109 Å². The van der Waals surface area contributed by atoms with Crippen molar-refractivity contribution in [1.29, 1.82) is 0 Å². The zero-order chi connectivity index (χ0) is 33.8. The van der Waals surface area contributed by atoms with Crippen LogP contribution in [0.15, 0.2) is 173 Å². The summed E-state index contributed by atoms with van der Waals surface area (Å²) < 4.78 is 6.88. The molecule has 50 heavy (non-hydrogen) atoms. The zero-order valence-electron chi connectivity index (χ0n) is 27.1. The van der Waals surface area contributed by atoms with E-state index >= 15 is 0 Å². The van der Waals surface area contributed by atoms with E-state index in [1.54, 1.807) is 0 Å². The van der Waals surface area contributed by atoms with Crippen LogP contribution in [0.1, 0.15) is 0 Å². The normalized spacial score (nSPS) is 11.5. The Morgan fingerprint density at radius 2 is 1.00 bits per heavy atom. The standard InChI is InChI=1S/C45H30Br2N2S/c1-48-41-25-20-34(27-40(41)44(46)45(48)47)32-16-14-31(15-17-32)33-10-7-11-36(26-33)49(35-21-18-30(19-22-35)29-8-3-2-4-9-29)37-23-24-39-38-12-5-6-13-42(38)50-43(39)28-37/h2-28H,1H3. The Bertz CT molecular complexity index is 2670. The topological polar surface area (TPSA) is 8.17 Å². The van der Waals surface area contributed by atoms with Crippen LogP contribution in [0.3, 0.4) is 0 Å². The molecule has 0 unspecified atom stereocenters. The smallest absolute Gasteiger partial charge is 0.0999 e. The molecule has 0 atom stereocenters. The van der Waals surface area contributed by atoms with Crippen LogP contribution >= 0.6 is 43.2 Å². The van der Waals surface area contributed by atoms with Crippen LogP contribution in [0.4, 0.5) is 17.1 Å². The molecule has 0 radical (unpaired) electrons. The summed E-state index contributed by atoms with van der Waals surface area (Å²) >= 11 is 9.32. The molecule has 0 fully saturated rings. The molecule has 0 aliphatic carbocycles. The monoisotopic (exact) mass is 788 g/mol. The molecule has 9 rings (SSSR count). The van der Waals surface area contributed by atoms with E-state index in [0.29, 0.717) is 0 Å². The van der Waals surface area contributed by atoms with E-state index in [2.05, 4.69) is 212 Å². The van der Waals surface area contributed by atoms with Crippen molar-refractivity contribution in [2.45, 2.75) is 0 Å². The van der Waals surface area contributed by atoms with Gasteiger partial charge in [0.2, 0.25) is 0 Å². The van der Waals surface area contributed by atoms with Crippen molar-refractivity contribution in [1.82, 2.24) is 4.57 Å². The predicted molar refractivity (Wildman–Crippen MR) is 222 cm³/mol. The number of halogens is 2. The van der Waals surface area contributed by atoms with Crippen molar-refractivity contribution in [3.05, 3.63) is 173 Å². The number of fused-ring (bicyclic) bond motifs is 4. The van der Waals surface area contributed by atoms with Crippen LogP contribution in [-0.2, 0) is 7.05 Å². The Labute approximate surface area is 312 Å². The molecule has 0 N–H and O–H groups in total. The maximum atomic E-state index is 3.77. The Kier molecular flexibility index (Phi) is 7.92. The molecular formula is C45H30Br2N2S. The second-order valence-electron chi connectivity index (χ2n) is 12.6. The van der Waals surface area contributed by atoms with E-state index < -0.39 is 0 Å². The minimum Gasteiger partial charge on any atom is -0.337 e. The summed E-state index contributed by atoms with van der Waals surface area (Å²) in [7, 11) is 2.07. The summed E-state index contributed by atoms with van der Waals surface area (Å²) in [6.45, 7) is 0. The van der Waals surface area contributed by atoms with Crippen molar-refractivity contribution < 1.29 is 0 Å². The van der Waals surface area contributed by atoms with Crippen LogP contribution in [-0.4, -0.2) is 4.57 Å². The van der Waals surface area contributed by atoms with Gasteiger partial charge < -0.3 is 9.47 Å². The predicted octanol–water partition coefficient (Wildman–Crippen LogP) is 14.5. The van der Waals surface area contributed by atoms with E-state index in [1.165, 1.54) is 64.5 Å². The van der Waals surface area contributed by atoms with Gasteiger partial charge in [-0.2, -0.15) is 0 Å². The fourth-order valence-corrected chi connectivity index (χ4v) is 9.09. The van der Waals surface area contributed by atoms with Crippen LogP contribution in [0.25, 0.3) is 64.5 Å². The number of aryl methyl sites for hydroxylation is 1. The number of thiophene rings is 1. The van der Waals surface area contributed by atoms with E-state index in [0.717, 1.165) is 26.1 Å². The third-order valence-electron chi connectivity index (χ3n) is 9.58. The van der Waals surface area contributed by atoms with Gasteiger partial charge in [0, 0.05) is 55.2 Å². The van der Waals surface area contributed by atoms with Gasteiger partial charge >= 0.3 is 0 Å². The number of hydrogen-bond acceptors (Lipinski definition) is 2. The number of benzene rings is 7. The van der Waals surface area contributed by atoms with Crippen molar-refractivity contribution in [2.75, 3.05) is 4.90 Å². The van der Waals surface area contributed by atoms with Crippen molar-refractivity contribution >= 4 is 91.3 Å². The largest absolute Gasteiger partial charge is 0.337 e. The quantitative estimate of drug-likeness (QED) is 0.163. The van der Waals surface area contributed by atoms with Gasteiger partial charge in [-0.15, -0.1) is 11.3 Å². The minimum absolute atomic E-state index is 1.05. The molecule has 0 saturated carbocycles. The van der Waals surface area contributed by atoms with Gasteiger partial charge in [0.25, 0.3) is 0 Å². The second kappa shape index (κ2) is 12.7. The lowest BCUT2D eigenvalue weighted by Gasteiger charge is -2.26. The van der Waals surface area contributed by atoms with E-state index in [1.807, 2.05) is 11.3 Å². The number of aromatic nitrogens is 1. The third-order valence-corrected chi connectivity index (χ3v) is 13.0. The molecule has 2 heterocycles. The summed E-state index contributed by atoms with van der Waals surface area (Å²) in [6.07, 6.45) is 0. The SMILES string of the molecule is Cn1c(Br)c(Br)c2cc(-c3ccc(-c4cccc(N(c5ccc(-c6ccccc6)cc5)c5ccc6c(c5)sc5ccccc56)c4)cc3)ccc21. The third kappa shape index (κ3) is 5.47. The molecule has 0 saturated heterocycles. The molecule has 2 nitrogen and oxygen atoms in total. The number of rotatable bonds is 6. The summed E-state index contributed by atoms with van der Waals surface area (Å²) in [5, 5.41) is 3.81. The molecule has 0 aliphatic rings. The number of anilines is 3. The lowest BCUT2D eigenvalue weighted by Crippen LogP contribution is -2.09. The van der Waals surface area contributed by atoms with E-state index in [4.69, 9.17) is 0 Å². The van der Waals surface area contributed by atoms with Crippen LogP contribution < -0.4 is 4.90 Å². The summed E-state index contributed by atoms with van der Waals surface area (Å²) in [5.74, 6) is 0. The molecule has 7 aromatic carbocycles. The minimum atomic E-state index is 1.05. The maximum Gasteiger partial charge on any atom is 0.0999 e. The van der Waals surface area contributed by atoms with Gasteiger partial charge in [-0.3, -0.25) is 0 Å². The fourth-order valence-electron chi connectivity index (χ4n) is 6.96. The summed E-state index contributed by atoms with van der Waals surface area (Å²) in [5.41, 5.74) is 11.7. The first-order valence-corrected chi connectivity index (χ1v) is 18.9. The zero-order valence-corrected chi connectivity index (χ0v) is 31.1. The van der Waals surface area contributed by atoms with Crippen molar-refractivity contribution in [3.63, 3.8) is 0 Å².